The van der Waals surface area contributed by atoms with E-state index in [1.165, 1.54) is 4.74 Å². The van der Waals surface area contributed by atoms with Crippen molar-refractivity contribution in [2.45, 2.75) is 48.4 Å². The summed E-state index contributed by atoms with van der Waals surface area (Å²) < 4.78 is 226. The molecule has 0 aliphatic carbocycles. The van der Waals surface area contributed by atoms with Gasteiger partial charge in [-0.05, 0) is 12.1 Å². The first kappa shape index (κ1) is 32.1. The molecular weight excluding hydrogens is 631 g/mol. The fraction of sp³-hybridized carbons (Fsp3) is 0.533. The molecule has 0 heterocycles. The highest BCUT2D eigenvalue weighted by molar-refractivity contribution is 9.10. The van der Waals surface area contributed by atoms with Crippen molar-refractivity contribution in [3.63, 3.8) is 0 Å². The van der Waals surface area contributed by atoms with Gasteiger partial charge in [0.2, 0.25) is 5.78 Å². The molecule has 0 bridgehead atoms. The van der Waals surface area contributed by atoms with E-state index < -0.39 is 59.7 Å². The van der Waals surface area contributed by atoms with Crippen LogP contribution in [0, 0.1) is 0 Å². The second kappa shape index (κ2) is 9.14. The predicted octanol–water partition coefficient (Wildman–Crippen LogP) is 7.50. The van der Waals surface area contributed by atoms with E-state index in [0.717, 1.165) is 0 Å². The Kier molecular flexibility index (Phi) is 8.15. The number of hydrogen-bond acceptors (Lipinski definition) is 3. The second-order valence-corrected chi connectivity index (χ2v) is 7.25. The molecule has 1 aromatic carbocycles. The highest BCUT2D eigenvalue weighted by Gasteiger charge is 2.85. The van der Waals surface area contributed by atoms with Crippen LogP contribution in [0.1, 0.15) is 10.4 Å². The van der Waals surface area contributed by atoms with Gasteiger partial charge in [0.1, 0.15) is 0 Å². The number of ether oxygens (including phenoxy) is 2. The summed E-state index contributed by atoms with van der Waals surface area (Å²) in [6.45, 7) is 0. The van der Waals surface area contributed by atoms with Gasteiger partial charge in [-0.1, -0.05) is 28.1 Å². The van der Waals surface area contributed by atoms with E-state index in [1.54, 1.807) is 0 Å². The van der Waals surface area contributed by atoms with Gasteiger partial charge >= 0.3 is 48.4 Å². The molecule has 0 unspecified atom stereocenters. The van der Waals surface area contributed by atoms with Gasteiger partial charge in [-0.15, -0.1) is 0 Å². The predicted molar refractivity (Wildman–Crippen MR) is 81.3 cm³/mol. The summed E-state index contributed by atoms with van der Waals surface area (Å²) in [7, 11) is 0. The second-order valence-electron chi connectivity index (χ2n) is 6.33. The van der Waals surface area contributed by atoms with Gasteiger partial charge in [-0.25, -0.2) is 0 Å². The molecule has 0 saturated carbocycles. The zero-order valence-corrected chi connectivity index (χ0v) is 17.4. The van der Waals surface area contributed by atoms with Crippen molar-refractivity contribution in [3.8, 4) is 0 Å². The first-order valence-electron chi connectivity index (χ1n) is 7.99. The van der Waals surface area contributed by atoms with Crippen molar-refractivity contribution in [3.05, 3.63) is 34.3 Å². The Morgan fingerprint density at radius 1 is 0.583 bits per heavy atom. The monoisotopic (exact) mass is 634 g/mol. The van der Waals surface area contributed by atoms with Crippen molar-refractivity contribution in [1.82, 2.24) is 0 Å². The number of Topliss-reactive ketones (excluding diaryl/α,β-unsaturated/α-hetero) is 1. The number of alkyl halides is 17. The molecule has 3 nitrogen and oxygen atoms in total. The van der Waals surface area contributed by atoms with E-state index >= 15 is 0 Å². The number of halogens is 18. The van der Waals surface area contributed by atoms with Gasteiger partial charge in [0.15, 0.2) is 0 Å². The lowest BCUT2D eigenvalue weighted by Gasteiger charge is -2.40. The number of hydrogen-bond donors (Lipinski definition) is 0. The normalized spacial score (nSPS) is 17.9. The number of ketones is 1. The number of carbonyl (C=O) groups excluding carboxylic acids is 1. The lowest BCUT2D eigenvalue weighted by atomic mass is 10.0. The van der Waals surface area contributed by atoms with E-state index in [9.17, 15) is 79.4 Å². The third-order valence-corrected chi connectivity index (χ3v) is 4.29. The van der Waals surface area contributed by atoms with Crippen molar-refractivity contribution in [2.24, 2.45) is 0 Å². The van der Waals surface area contributed by atoms with Crippen molar-refractivity contribution in [2.75, 3.05) is 0 Å². The van der Waals surface area contributed by atoms with Crippen molar-refractivity contribution < 1.29 is 88.9 Å². The fourth-order valence-electron chi connectivity index (χ4n) is 1.95. The summed E-state index contributed by atoms with van der Waals surface area (Å²) in [4.78, 5) is 11.8. The van der Waals surface area contributed by atoms with Crippen LogP contribution in [-0.4, -0.2) is 54.2 Å². The first-order chi connectivity index (χ1) is 15.6. The Hall–Kier alpha value is -1.90. The van der Waals surface area contributed by atoms with E-state index in [-0.39, 0.29) is 16.6 Å². The summed E-state index contributed by atoms with van der Waals surface area (Å²) in [5, 5.41) is 0. The van der Waals surface area contributed by atoms with Gasteiger partial charge < -0.3 is 0 Å². The summed E-state index contributed by atoms with van der Waals surface area (Å²) >= 11 is 2.66. The van der Waals surface area contributed by atoms with E-state index in [2.05, 4.69) is 15.9 Å². The average molecular weight is 635 g/mol. The number of benzene rings is 1. The van der Waals surface area contributed by atoms with E-state index in [0.29, 0.717) is 12.1 Å². The van der Waals surface area contributed by atoms with Crippen LogP contribution in [0.2, 0.25) is 0 Å². The van der Waals surface area contributed by atoms with Crippen molar-refractivity contribution in [1.29, 1.82) is 0 Å². The highest BCUT2D eigenvalue weighted by atomic mass is 79.9. The SMILES string of the molecule is O=C(c1ccc(Br)cc1)[C@](F)(OC(F)(F)[C@](F)(OC(F)(F)C(F)(F)C(F)(F)F)C(F)(F)F)C(F)(F)F. The molecule has 0 fully saturated rings. The zero-order valence-electron chi connectivity index (χ0n) is 15.8. The van der Waals surface area contributed by atoms with Crippen LogP contribution >= 0.6 is 15.9 Å². The van der Waals surface area contributed by atoms with Crippen LogP contribution in [0.5, 0.6) is 0 Å². The molecule has 1 rings (SSSR count). The lowest BCUT2D eigenvalue weighted by Crippen LogP contribution is -2.68. The van der Waals surface area contributed by atoms with Gasteiger partial charge in [-0.2, -0.15) is 74.6 Å². The van der Waals surface area contributed by atoms with Gasteiger partial charge in [0.25, 0.3) is 0 Å². The fourth-order valence-corrected chi connectivity index (χ4v) is 2.21. The summed E-state index contributed by atoms with van der Waals surface area (Å²) in [6.07, 6.45) is -38.5. The molecular formula is C15H4BrF17O3. The van der Waals surface area contributed by atoms with Gasteiger partial charge in [0, 0.05) is 10.0 Å². The summed E-state index contributed by atoms with van der Waals surface area (Å²) in [5.41, 5.74) is -1.61. The molecule has 0 amide bonds. The van der Waals surface area contributed by atoms with Crippen LogP contribution in [0.25, 0.3) is 0 Å². The molecule has 0 spiro atoms. The van der Waals surface area contributed by atoms with Gasteiger partial charge in [-0.3, -0.25) is 14.3 Å². The Morgan fingerprint density at radius 2 is 1.00 bits per heavy atom. The molecule has 0 aromatic heterocycles. The quantitative estimate of drug-likeness (QED) is 0.219. The number of rotatable bonds is 8. The summed E-state index contributed by atoms with van der Waals surface area (Å²) in [5.74, 6) is -26.0. The largest absolute Gasteiger partial charge is 0.462 e. The molecule has 21 heteroatoms. The maximum Gasteiger partial charge on any atom is 0.462 e. The molecule has 36 heavy (non-hydrogen) atoms. The molecule has 2 atom stereocenters. The Bertz CT molecular complexity index is 952. The Balaban J connectivity index is 3.71. The maximum atomic E-state index is 14.5. The Morgan fingerprint density at radius 3 is 1.33 bits per heavy atom. The summed E-state index contributed by atoms with van der Waals surface area (Å²) in [6, 6.07) is 1.71. The van der Waals surface area contributed by atoms with Crippen molar-refractivity contribution >= 4 is 21.7 Å². The van der Waals surface area contributed by atoms with Crippen LogP contribution < -0.4 is 0 Å². The molecule has 1 aromatic rings. The smallest absolute Gasteiger partial charge is 0.287 e. The molecule has 0 aliphatic rings. The minimum Gasteiger partial charge on any atom is -0.287 e. The maximum absolute atomic E-state index is 14.5. The van der Waals surface area contributed by atoms with Gasteiger partial charge in [0.05, 0.1) is 0 Å². The topological polar surface area (TPSA) is 35.5 Å². The molecule has 0 aliphatic heterocycles. The minimum atomic E-state index is -8.04. The van der Waals surface area contributed by atoms with Crippen LogP contribution in [-0.2, 0) is 9.47 Å². The minimum absolute atomic E-state index is 0.0668. The Labute approximate surface area is 194 Å². The molecule has 0 radical (unpaired) electrons. The van der Waals surface area contributed by atoms with E-state index in [1.807, 2.05) is 4.74 Å². The van der Waals surface area contributed by atoms with Crippen LogP contribution in [0.4, 0.5) is 74.6 Å². The van der Waals surface area contributed by atoms with E-state index in [4.69, 9.17) is 0 Å². The lowest BCUT2D eigenvalue weighted by molar-refractivity contribution is -0.547. The standard InChI is InChI=1S/C15H4BrF17O3/c16-6-3-1-5(2-4-6)7(34)8(17,11(21,22)23)35-15(32,33)10(20,13(27,28)29)36-14(30,31)9(18,19)12(24,25)26/h1-4H/t8-,10+/m0/s1. The molecule has 0 N–H and O–H groups in total. The number of carbonyl (C=O) groups is 1. The third-order valence-electron chi connectivity index (χ3n) is 3.76. The molecule has 0 saturated heterocycles. The van der Waals surface area contributed by atoms with Crippen LogP contribution in [0.3, 0.4) is 0 Å². The first-order valence-corrected chi connectivity index (χ1v) is 8.79. The average Bonchev–Trinajstić information content (AvgIpc) is 2.64. The molecule has 208 valence electrons. The highest BCUT2D eigenvalue weighted by Crippen LogP contribution is 2.56. The van der Waals surface area contributed by atoms with Crippen LogP contribution in [0.15, 0.2) is 28.7 Å². The zero-order chi connectivity index (χ0) is 29.0. The third kappa shape index (κ3) is 5.50.